The fourth-order valence-electron chi connectivity index (χ4n) is 3.47. The van der Waals surface area contributed by atoms with Gasteiger partial charge in [0.15, 0.2) is 5.78 Å². The number of hydrogen-bond acceptors (Lipinski definition) is 1. The summed E-state index contributed by atoms with van der Waals surface area (Å²) in [6.07, 6.45) is 3.89. The zero-order chi connectivity index (χ0) is 11.4. The van der Waals surface area contributed by atoms with Crippen molar-refractivity contribution in [3.63, 3.8) is 0 Å². The van der Waals surface area contributed by atoms with Crippen molar-refractivity contribution in [3.8, 4) is 0 Å². The predicted octanol–water partition coefficient (Wildman–Crippen LogP) is 3.17. The molecule has 86 valence electrons. The van der Waals surface area contributed by atoms with Gasteiger partial charge < -0.3 is 4.98 Å². The van der Waals surface area contributed by atoms with E-state index in [4.69, 9.17) is 0 Å². The Kier molecular flexibility index (Phi) is 2.04. The van der Waals surface area contributed by atoms with Crippen LogP contribution in [-0.2, 0) is 0 Å². The van der Waals surface area contributed by atoms with Crippen LogP contribution < -0.4 is 0 Å². The van der Waals surface area contributed by atoms with E-state index in [0.29, 0.717) is 11.7 Å². The lowest BCUT2D eigenvalue weighted by atomic mass is 10.0. The fourth-order valence-corrected chi connectivity index (χ4v) is 3.47. The first-order valence-electron chi connectivity index (χ1n) is 6.31. The highest BCUT2D eigenvalue weighted by atomic mass is 16.1. The molecule has 2 saturated carbocycles. The number of rotatable bonds is 2. The number of carbonyl (C=O) groups excluding carboxylic acids is 1. The molecule has 2 unspecified atom stereocenters. The van der Waals surface area contributed by atoms with Crippen LogP contribution in [0.1, 0.15) is 46.6 Å². The second kappa shape index (κ2) is 3.22. The van der Waals surface area contributed by atoms with Gasteiger partial charge in [0.2, 0.25) is 0 Å². The van der Waals surface area contributed by atoms with E-state index in [1.54, 1.807) is 0 Å². The SMILES string of the molecule is Cc1[nH]c(C(=O)C2C3CCCC32)c(C)c1C. The molecule has 1 heterocycles. The molecule has 0 bridgehead atoms. The lowest BCUT2D eigenvalue weighted by Crippen LogP contribution is -2.08. The van der Waals surface area contributed by atoms with E-state index >= 15 is 0 Å². The molecule has 2 aliphatic rings. The van der Waals surface area contributed by atoms with Gasteiger partial charge >= 0.3 is 0 Å². The quantitative estimate of drug-likeness (QED) is 0.758. The zero-order valence-electron chi connectivity index (χ0n) is 10.3. The smallest absolute Gasteiger partial charge is 0.182 e. The zero-order valence-corrected chi connectivity index (χ0v) is 10.3. The molecule has 0 saturated heterocycles. The fraction of sp³-hybridized carbons (Fsp3) is 0.643. The lowest BCUT2D eigenvalue weighted by Gasteiger charge is -2.02. The number of H-pyrrole nitrogens is 1. The number of carbonyl (C=O) groups is 1. The maximum absolute atomic E-state index is 12.4. The number of aromatic nitrogens is 1. The van der Waals surface area contributed by atoms with Crippen LogP contribution in [0, 0.1) is 38.5 Å². The van der Waals surface area contributed by atoms with Crippen molar-refractivity contribution in [2.45, 2.75) is 40.0 Å². The minimum Gasteiger partial charge on any atom is -0.356 e. The molecule has 0 aliphatic heterocycles. The van der Waals surface area contributed by atoms with Gasteiger partial charge in [-0.05, 0) is 56.6 Å². The standard InChI is InChI=1S/C14H19NO/c1-7-8(2)13(15-9(7)3)14(16)12-10-5-4-6-11(10)12/h10-12,15H,4-6H2,1-3H3. The van der Waals surface area contributed by atoms with Crippen molar-refractivity contribution >= 4 is 5.78 Å². The van der Waals surface area contributed by atoms with Crippen LogP contribution >= 0.6 is 0 Å². The number of aromatic amines is 1. The number of nitrogens with one attached hydrogen (secondary N) is 1. The molecule has 1 N–H and O–H groups in total. The number of Topliss-reactive ketones (excluding diaryl/α,β-unsaturated/α-hetero) is 1. The van der Waals surface area contributed by atoms with E-state index in [0.717, 1.165) is 28.8 Å². The first kappa shape index (κ1) is 10.1. The largest absolute Gasteiger partial charge is 0.356 e. The summed E-state index contributed by atoms with van der Waals surface area (Å²) in [5.74, 6) is 2.17. The minimum atomic E-state index is 0.352. The summed E-state index contributed by atoms with van der Waals surface area (Å²) in [4.78, 5) is 15.6. The third-order valence-corrected chi connectivity index (χ3v) is 4.77. The highest BCUT2D eigenvalue weighted by Gasteiger charge is 2.56. The molecule has 2 nitrogen and oxygen atoms in total. The van der Waals surface area contributed by atoms with E-state index in [9.17, 15) is 4.79 Å². The van der Waals surface area contributed by atoms with Crippen molar-refractivity contribution in [1.29, 1.82) is 0 Å². The predicted molar refractivity (Wildman–Crippen MR) is 63.7 cm³/mol. The van der Waals surface area contributed by atoms with Gasteiger partial charge in [-0.2, -0.15) is 0 Å². The van der Waals surface area contributed by atoms with Gasteiger partial charge in [-0.15, -0.1) is 0 Å². The topological polar surface area (TPSA) is 32.9 Å². The summed E-state index contributed by atoms with van der Waals surface area (Å²) >= 11 is 0. The molecule has 16 heavy (non-hydrogen) atoms. The van der Waals surface area contributed by atoms with Gasteiger partial charge in [0.25, 0.3) is 0 Å². The second-order valence-corrected chi connectivity index (χ2v) is 5.52. The Morgan fingerprint density at radius 1 is 1.12 bits per heavy atom. The summed E-state index contributed by atoms with van der Waals surface area (Å²) in [6.45, 7) is 6.20. The Labute approximate surface area is 96.4 Å². The maximum Gasteiger partial charge on any atom is 0.182 e. The molecule has 3 rings (SSSR count). The van der Waals surface area contributed by atoms with Crippen LogP contribution in [0.5, 0.6) is 0 Å². The highest BCUT2D eigenvalue weighted by Crippen LogP contribution is 2.58. The lowest BCUT2D eigenvalue weighted by molar-refractivity contribution is 0.0946. The first-order chi connectivity index (χ1) is 7.61. The van der Waals surface area contributed by atoms with Gasteiger partial charge in [0.05, 0.1) is 5.69 Å². The van der Waals surface area contributed by atoms with Gasteiger partial charge in [-0.3, -0.25) is 4.79 Å². The summed E-state index contributed by atoms with van der Waals surface area (Å²) in [5, 5.41) is 0. The maximum atomic E-state index is 12.4. The molecule has 1 aromatic rings. The molecule has 2 heteroatoms. The van der Waals surface area contributed by atoms with E-state index in [-0.39, 0.29) is 0 Å². The number of aryl methyl sites for hydroxylation is 1. The van der Waals surface area contributed by atoms with Gasteiger partial charge in [-0.1, -0.05) is 6.42 Å². The van der Waals surface area contributed by atoms with Crippen LogP contribution in [0.2, 0.25) is 0 Å². The number of ketones is 1. The summed E-state index contributed by atoms with van der Waals surface area (Å²) < 4.78 is 0. The average molecular weight is 217 g/mol. The van der Waals surface area contributed by atoms with Crippen LogP contribution in [-0.4, -0.2) is 10.8 Å². The Hall–Kier alpha value is -1.05. The Bertz CT molecular complexity index is 448. The number of fused-ring (bicyclic) bond motifs is 1. The van der Waals surface area contributed by atoms with E-state index < -0.39 is 0 Å². The number of hydrogen-bond donors (Lipinski definition) is 1. The monoisotopic (exact) mass is 217 g/mol. The Morgan fingerprint density at radius 3 is 2.25 bits per heavy atom. The van der Waals surface area contributed by atoms with Crippen LogP contribution in [0.4, 0.5) is 0 Å². The molecule has 0 aromatic carbocycles. The molecule has 1 aromatic heterocycles. The van der Waals surface area contributed by atoms with Crippen molar-refractivity contribution in [2.24, 2.45) is 17.8 Å². The molecule has 0 amide bonds. The van der Waals surface area contributed by atoms with E-state index in [2.05, 4.69) is 18.8 Å². The molecular weight excluding hydrogens is 198 g/mol. The molecule has 0 radical (unpaired) electrons. The molecular formula is C14H19NO. The summed E-state index contributed by atoms with van der Waals surface area (Å²) in [6, 6.07) is 0. The van der Waals surface area contributed by atoms with Gasteiger partial charge in [-0.25, -0.2) is 0 Å². The Balaban J connectivity index is 1.88. The van der Waals surface area contributed by atoms with Crippen LogP contribution in [0.25, 0.3) is 0 Å². The van der Waals surface area contributed by atoms with Gasteiger partial charge in [0, 0.05) is 11.6 Å². The van der Waals surface area contributed by atoms with E-state index in [1.807, 2.05) is 6.92 Å². The second-order valence-electron chi connectivity index (χ2n) is 5.52. The Morgan fingerprint density at radius 2 is 1.75 bits per heavy atom. The van der Waals surface area contributed by atoms with Gasteiger partial charge in [0.1, 0.15) is 0 Å². The highest BCUT2D eigenvalue weighted by molar-refractivity contribution is 6.00. The summed E-state index contributed by atoms with van der Waals surface area (Å²) in [5.41, 5.74) is 4.43. The molecule has 2 fully saturated rings. The normalized spacial score (nSPS) is 31.6. The van der Waals surface area contributed by atoms with Crippen molar-refractivity contribution < 1.29 is 4.79 Å². The minimum absolute atomic E-state index is 0.352. The van der Waals surface area contributed by atoms with Crippen molar-refractivity contribution in [3.05, 3.63) is 22.5 Å². The third-order valence-electron chi connectivity index (χ3n) is 4.77. The van der Waals surface area contributed by atoms with Crippen LogP contribution in [0.15, 0.2) is 0 Å². The van der Waals surface area contributed by atoms with E-state index in [1.165, 1.54) is 24.8 Å². The third kappa shape index (κ3) is 1.22. The molecule has 2 atom stereocenters. The molecule has 2 aliphatic carbocycles. The van der Waals surface area contributed by atoms with Crippen molar-refractivity contribution in [1.82, 2.24) is 4.98 Å². The first-order valence-corrected chi connectivity index (χ1v) is 6.31. The van der Waals surface area contributed by atoms with Crippen molar-refractivity contribution in [2.75, 3.05) is 0 Å². The van der Waals surface area contributed by atoms with Crippen LogP contribution in [0.3, 0.4) is 0 Å². The summed E-state index contributed by atoms with van der Waals surface area (Å²) in [7, 11) is 0. The molecule has 0 spiro atoms. The average Bonchev–Trinajstić information content (AvgIpc) is 2.61.